The number of ether oxygens (including phenoxy) is 2. The Morgan fingerprint density at radius 2 is 2.07 bits per heavy atom. The van der Waals surface area contributed by atoms with Gasteiger partial charge in [-0.1, -0.05) is 12.6 Å². The number of fused-ring (bicyclic) bond motifs is 1. The number of nitrogens with two attached hydrogens (primary N) is 1. The van der Waals surface area contributed by atoms with Crippen LogP contribution in [0.4, 0.5) is 0 Å². The van der Waals surface area contributed by atoms with Crippen molar-refractivity contribution in [3.8, 4) is 11.5 Å². The summed E-state index contributed by atoms with van der Waals surface area (Å²) in [6, 6.07) is 5.14. The molecule has 1 amide bonds. The Hall–Kier alpha value is -1.97. The smallest absolute Gasteiger partial charge is 0.248 e. The van der Waals surface area contributed by atoms with Gasteiger partial charge in [0.2, 0.25) is 12.7 Å². The Morgan fingerprint density at radius 3 is 2.79 bits per heavy atom. The minimum absolute atomic E-state index is 0.210. The predicted octanol–water partition coefficient (Wildman–Crippen LogP) is 0.914. The molecule has 1 aliphatic heterocycles. The molecule has 0 saturated heterocycles. The molecule has 0 aliphatic carbocycles. The second-order valence-electron chi connectivity index (χ2n) is 2.91. The molecule has 4 nitrogen and oxygen atoms in total. The first-order chi connectivity index (χ1) is 6.68. The lowest BCUT2D eigenvalue weighted by molar-refractivity contribution is -0.112. The van der Waals surface area contributed by atoms with E-state index >= 15 is 0 Å². The van der Waals surface area contributed by atoms with Crippen LogP contribution >= 0.6 is 0 Å². The largest absolute Gasteiger partial charge is 0.454 e. The van der Waals surface area contributed by atoms with Crippen LogP contribution in [0.2, 0.25) is 0 Å². The van der Waals surface area contributed by atoms with Crippen LogP contribution in [0.15, 0.2) is 24.8 Å². The molecule has 1 aromatic carbocycles. The SMILES string of the molecule is C=C(C(N)=O)c1ccc2c(c1)OCO2. The van der Waals surface area contributed by atoms with E-state index in [1.165, 1.54) is 0 Å². The van der Waals surface area contributed by atoms with Crippen molar-refractivity contribution in [2.24, 2.45) is 5.73 Å². The third-order valence-corrected chi connectivity index (χ3v) is 2.02. The number of hydrogen-bond acceptors (Lipinski definition) is 3. The number of benzene rings is 1. The standard InChI is InChI=1S/C10H9NO3/c1-6(10(11)12)7-2-3-8-9(4-7)14-5-13-8/h2-4H,1,5H2,(H2,11,12). The fourth-order valence-electron chi connectivity index (χ4n) is 1.23. The van der Waals surface area contributed by atoms with Crippen molar-refractivity contribution in [2.75, 3.05) is 6.79 Å². The lowest BCUT2D eigenvalue weighted by Crippen LogP contribution is -2.11. The Morgan fingerprint density at radius 1 is 1.36 bits per heavy atom. The van der Waals surface area contributed by atoms with Crippen molar-refractivity contribution in [1.29, 1.82) is 0 Å². The van der Waals surface area contributed by atoms with Crippen LogP contribution in [-0.4, -0.2) is 12.7 Å². The van der Waals surface area contributed by atoms with Crippen LogP contribution in [0, 0.1) is 0 Å². The lowest BCUT2D eigenvalue weighted by Gasteiger charge is -2.02. The molecule has 0 fully saturated rings. The molecule has 0 spiro atoms. The first kappa shape index (κ1) is 8.62. The fraction of sp³-hybridized carbons (Fsp3) is 0.100. The second kappa shape index (κ2) is 3.06. The summed E-state index contributed by atoms with van der Waals surface area (Å²) in [7, 11) is 0. The zero-order valence-corrected chi connectivity index (χ0v) is 7.45. The third-order valence-electron chi connectivity index (χ3n) is 2.02. The van der Waals surface area contributed by atoms with Crippen molar-refractivity contribution in [3.63, 3.8) is 0 Å². The average Bonchev–Trinajstić information content (AvgIpc) is 2.62. The van der Waals surface area contributed by atoms with E-state index in [2.05, 4.69) is 6.58 Å². The molecule has 0 unspecified atom stereocenters. The van der Waals surface area contributed by atoms with Gasteiger partial charge in [0.05, 0.1) is 0 Å². The number of hydrogen-bond donors (Lipinski definition) is 1. The van der Waals surface area contributed by atoms with Crippen molar-refractivity contribution in [2.45, 2.75) is 0 Å². The predicted molar refractivity (Wildman–Crippen MR) is 50.8 cm³/mol. The molecule has 0 bridgehead atoms. The first-order valence-electron chi connectivity index (χ1n) is 4.07. The summed E-state index contributed by atoms with van der Waals surface area (Å²) < 4.78 is 10.3. The second-order valence-corrected chi connectivity index (χ2v) is 2.91. The van der Waals surface area contributed by atoms with Crippen molar-refractivity contribution >= 4 is 11.5 Å². The van der Waals surface area contributed by atoms with Gasteiger partial charge in [-0.25, -0.2) is 0 Å². The fourth-order valence-corrected chi connectivity index (χ4v) is 1.23. The van der Waals surface area contributed by atoms with Crippen LogP contribution in [-0.2, 0) is 4.79 Å². The van der Waals surface area contributed by atoms with E-state index in [0.29, 0.717) is 17.1 Å². The maximum atomic E-state index is 10.9. The molecular weight excluding hydrogens is 182 g/mol. The van der Waals surface area contributed by atoms with Crippen LogP contribution in [0.3, 0.4) is 0 Å². The van der Waals surface area contributed by atoms with E-state index in [0.717, 1.165) is 0 Å². The summed E-state index contributed by atoms with van der Waals surface area (Å²) in [6.07, 6.45) is 0. The summed E-state index contributed by atoms with van der Waals surface area (Å²) in [5, 5.41) is 0. The minimum Gasteiger partial charge on any atom is -0.454 e. The molecule has 2 N–H and O–H groups in total. The maximum absolute atomic E-state index is 10.9. The summed E-state index contributed by atoms with van der Waals surface area (Å²) in [4.78, 5) is 10.9. The van der Waals surface area contributed by atoms with E-state index < -0.39 is 5.91 Å². The van der Waals surface area contributed by atoms with Crippen molar-refractivity contribution in [3.05, 3.63) is 30.3 Å². The third kappa shape index (κ3) is 1.31. The Bertz CT molecular complexity index is 412. The molecule has 72 valence electrons. The summed E-state index contributed by atoms with van der Waals surface area (Å²) in [5.74, 6) is 0.750. The number of carbonyl (C=O) groups excluding carboxylic acids is 1. The van der Waals surface area contributed by atoms with Gasteiger partial charge in [-0.15, -0.1) is 0 Å². The molecular formula is C10H9NO3. The molecule has 0 atom stereocenters. The van der Waals surface area contributed by atoms with E-state index in [-0.39, 0.29) is 12.4 Å². The van der Waals surface area contributed by atoms with Gasteiger partial charge in [0.1, 0.15) is 0 Å². The molecule has 1 aromatic rings. The van der Waals surface area contributed by atoms with Gasteiger partial charge in [-0.3, -0.25) is 4.79 Å². The van der Waals surface area contributed by atoms with E-state index in [1.54, 1.807) is 18.2 Å². The Labute approximate surface area is 80.9 Å². The molecule has 2 rings (SSSR count). The highest BCUT2D eigenvalue weighted by Gasteiger charge is 2.15. The van der Waals surface area contributed by atoms with Crippen molar-refractivity contribution in [1.82, 2.24) is 0 Å². The van der Waals surface area contributed by atoms with Crippen LogP contribution in [0.25, 0.3) is 5.57 Å². The van der Waals surface area contributed by atoms with Gasteiger partial charge < -0.3 is 15.2 Å². The molecule has 1 aliphatic rings. The number of amides is 1. The van der Waals surface area contributed by atoms with Gasteiger partial charge in [-0.05, 0) is 17.7 Å². The van der Waals surface area contributed by atoms with E-state index in [1.807, 2.05) is 0 Å². The lowest BCUT2D eigenvalue weighted by atomic mass is 10.1. The monoisotopic (exact) mass is 191 g/mol. The first-order valence-corrected chi connectivity index (χ1v) is 4.07. The van der Waals surface area contributed by atoms with E-state index in [9.17, 15) is 4.79 Å². The molecule has 0 saturated carbocycles. The van der Waals surface area contributed by atoms with Gasteiger partial charge in [0.25, 0.3) is 0 Å². The summed E-state index contributed by atoms with van der Waals surface area (Å²) in [5.41, 5.74) is 6.02. The maximum Gasteiger partial charge on any atom is 0.248 e. The minimum atomic E-state index is -0.538. The zero-order chi connectivity index (χ0) is 10.1. The quantitative estimate of drug-likeness (QED) is 0.707. The van der Waals surface area contributed by atoms with Gasteiger partial charge in [0.15, 0.2) is 11.5 Å². The summed E-state index contributed by atoms with van der Waals surface area (Å²) in [6.45, 7) is 3.79. The van der Waals surface area contributed by atoms with Crippen molar-refractivity contribution < 1.29 is 14.3 Å². The molecule has 14 heavy (non-hydrogen) atoms. The topological polar surface area (TPSA) is 61.6 Å². The van der Waals surface area contributed by atoms with Crippen LogP contribution in [0.5, 0.6) is 11.5 Å². The number of primary amides is 1. The van der Waals surface area contributed by atoms with Gasteiger partial charge >= 0.3 is 0 Å². The highest BCUT2D eigenvalue weighted by atomic mass is 16.7. The average molecular weight is 191 g/mol. The van der Waals surface area contributed by atoms with Gasteiger partial charge in [-0.2, -0.15) is 0 Å². The molecule has 0 radical (unpaired) electrons. The zero-order valence-electron chi connectivity index (χ0n) is 7.45. The Balaban J connectivity index is 2.38. The number of carbonyl (C=O) groups is 1. The highest BCUT2D eigenvalue weighted by Crippen LogP contribution is 2.33. The van der Waals surface area contributed by atoms with Crippen LogP contribution < -0.4 is 15.2 Å². The van der Waals surface area contributed by atoms with Gasteiger partial charge in [0, 0.05) is 5.57 Å². The van der Waals surface area contributed by atoms with E-state index in [4.69, 9.17) is 15.2 Å². The molecule has 4 heteroatoms. The Kier molecular flexibility index (Phi) is 1.89. The summed E-state index contributed by atoms with van der Waals surface area (Å²) >= 11 is 0. The normalized spacial score (nSPS) is 12.6. The molecule has 1 heterocycles. The molecule has 0 aromatic heterocycles. The van der Waals surface area contributed by atoms with Crippen LogP contribution in [0.1, 0.15) is 5.56 Å². The number of rotatable bonds is 2. The highest BCUT2D eigenvalue weighted by molar-refractivity contribution is 6.17.